The standard InChI is InChI=1S/C23H18F2O/c24-22(25)15-17(14-13-16-7-2-1-3-8-16)18-10-6-11-20-19-9-4-5-12-21(19)26-23(18)20/h1-12,15,17H,13-14H2. The topological polar surface area (TPSA) is 13.1 Å². The Hall–Kier alpha value is -2.94. The average molecular weight is 348 g/mol. The molecule has 26 heavy (non-hydrogen) atoms. The van der Waals surface area contributed by atoms with Gasteiger partial charge in [-0.2, -0.15) is 8.78 Å². The van der Waals surface area contributed by atoms with E-state index >= 15 is 0 Å². The van der Waals surface area contributed by atoms with Gasteiger partial charge in [0.1, 0.15) is 11.2 Å². The maximum Gasteiger partial charge on any atom is 0.266 e. The second-order valence-corrected chi connectivity index (χ2v) is 6.41. The van der Waals surface area contributed by atoms with Crippen molar-refractivity contribution in [3.8, 4) is 0 Å². The van der Waals surface area contributed by atoms with Crippen LogP contribution in [0.3, 0.4) is 0 Å². The van der Waals surface area contributed by atoms with Gasteiger partial charge in [0, 0.05) is 22.3 Å². The van der Waals surface area contributed by atoms with Gasteiger partial charge >= 0.3 is 0 Å². The van der Waals surface area contributed by atoms with Crippen molar-refractivity contribution in [2.24, 2.45) is 0 Å². The lowest BCUT2D eigenvalue weighted by Gasteiger charge is -2.13. The Balaban J connectivity index is 1.76. The molecular formula is C23H18F2O. The largest absolute Gasteiger partial charge is 0.456 e. The van der Waals surface area contributed by atoms with Crippen LogP contribution in [0.1, 0.15) is 23.5 Å². The Morgan fingerprint density at radius 3 is 2.38 bits per heavy atom. The highest BCUT2D eigenvalue weighted by Crippen LogP contribution is 2.36. The third-order valence-corrected chi connectivity index (χ3v) is 4.75. The SMILES string of the molecule is FC(F)=CC(CCc1ccccc1)c1cccc2c1oc1ccccc12. The molecule has 1 unspecified atom stereocenters. The Morgan fingerprint density at radius 1 is 0.846 bits per heavy atom. The number of para-hydroxylation sites is 2. The molecule has 0 amide bonds. The molecule has 130 valence electrons. The van der Waals surface area contributed by atoms with Crippen molar-refractivity contribution in [3.63, 3.8) is 0 Å². The summed E-state index contributed by atoms with van der Waals surface area (Å²) in [5, 5.41) is 1.98. The zero-order chi connectivity index (χ0) is 17.9. The summed E-state index contributed by atoms with van der Waals surface area (Å²) in [6.45, 7) is 0. The molecule has 4 aromatic rings. The minimum atomic E-state index is -1.66. The minimum Gasteiger partial charge on any atom is -0.456 e. The zero-order valence-corrected chi connectivity index (χ0v) is 14.2. The number of fused-ring (bicyclic) bond motifs is 3. The molecule has 0 N–H and O–H groups in total. The quantitative estimate of drug-likeness (QED) is 0.375. The third-order valence-electron chi connectivity index (χ3n) is 4.75. The summed E-state index contributed by atoms with van der Waals surface area (Å²) in [5.41, 5.74) is 3.43. The Morgan fingerprint density at radius 2 is 1.58 bits per heavy atom. The van der Waals surface area contributed by atoms with E-state index in [-0.39, 0.29) is 0 Å². The number of rotatable bonds is 5. The van der Waals surface area contributed by atoms with Gasteiger partial charge in [-0.15, -0.1) is 0 Å². The van der Waals surface area contributed by atoms with Crippen LogP contribution in [0.2, 0.25) is 0 Å². The molecule has 0 aliphatic heterocycles. The van der Waals surface area contributed by atoms with Gasteiger partial charge in [0.15, 0.2) is 0 Å². The van der Waals surface area contributed by atoms with Gasteiger partial charge in [-0.1, -0.05) is 66.7 Å². The summed E-state index contributed by atoms with van der Waals surface area (Å²) in [6.07, 6.45) is 0.713. The Bertz CT molecular complexity index is 1060. The van der Waals surface area contributed by atoms with Crippen LogP contribution >= 0.6 is 0 Å². The molecule has 1 nitrogen and oxygen atoms in total. The van der Waals surface area contributed by atoms with Gasteiger partial charge in [-0.3, -0.25) is 0 Å². The monoisotopic (exact) mass is 348 g/mol. The minimum absolute atomic E-state index is 0.399. The van der Waals surface area contributed by atoms with Gasteiger partial charge in [0.05, 0.1) is 0 Å². The van der Waals surface area contributed by atoms with Gasteiger partial charge in [-0.05, 0) is 30.5 Å². The van der Waals surface area contributed by atoms with Gasteiger partial charge in [-0.25, -0.2) is 0 Å². The first-order chi connectivity index (χ1) is 12.7. The van der Waals surface area contributed by atoms with Crippen molar-refractivity contribution < 1.29 is 13.2 Å². The fourth-order valence-electron chi connectivity index (χ4n) is 3.51. The van der Waals surface area contributed by atoms with E-state index in [1.807, 2.05) is 72.8 Å². The zero-order valence-electron chi connectivity index (χ0n) is 14.2. The number of hydrogen-bond acceptors (Lipinski definition) is 1. The molecule has 0 fully saturated rings. The predicted molar refractivity (Wildman–Crippen MR) is 102 cm³/mol. The molecule has 1 heterocycles. The summed E-state index contributed by atoms with van der Waals surface area (Å²) in [6, 6.07) is 23.5. The molecule has 0 aliphatic carbocycles. The fraction of sp³-hybridized carbons (Fsp3) is 0.130. The fourth-order valence-corrected chi connectivity index (χ4v) is 3.51. The van der Waals surface area contributed by atoms with E-state index in [2.05, 4.69) is 0 Å². The number of benzene rings is 3. The van der Waals surface area contributed by atoms with Crippen molar-refractivity contribution in [1.82, 2.24) is 0 Å². The highest BCUT2D eigenvalue weighted by atomic mass is 19.3. The lowest BCUT2D eigenvalue weighted by atomic mass is 9.91. The highest BCUT2D eigenvalue weighted by molar-refractivity contribution is 6.05. The molecule has 0 radical (unpaired) electrons. The van der Waals surface area contributed by atoms with Gasteiger partial charge in [0.2, 0.25) is 0 Å². The molecule has 0 aliphatic rings. The van der Waals surface area contributed by atoms with Crippen molar-refractivity contribution in [3.05, 3.63) is 96.1 Å². The molecule has 4 rings (SSSR count). The lowest BCUT2D eigenvalue weighted by molar-refractivity contribution is 0.413. The van der Waals surface area contributed by atoms with Gasteiger partial charge in [0.25, 0.3) is 6.08 Å². The second-order valence-electron chi connectivity index (χ2n) is 6.41. The summed E-state index contributed by atoms with van der Waals surface area (Å²) < 4.78 is 32.3. The van der Waals surface area contributed by atoms with E-state index in [0.717, 1.165) is 40.0 Å². The van der Waals surface area contributed by atoms with Crippen LogP contribution in [0, 0.1) is 0 Å². The first kappa shape index (κ1) is 16.5. The summed E-state index contributed by atoms with van der Waals surface area (Å²) in [4.78, 5) is 0. The van der Waals surface area contributed by atoms with Crippen molar-refractivity contribution >= 4 is 21.9 Å². The molecular weight excluding hydrogens is 330 g/mol. The number of aryl methyl sites for hydroxylation is 1. The Labute approximate surface area is 150 Å². The first-order valence-corrected chi connectivity index (χ1v) is 8.69. The molecule has 0 saturated heterocycles. The van der Waals surface area contributed by atoms with E-state index in [1.165, 1.54) is 0 Å². The first-order valence-electron chi connectivity index (χ1n) is 8.69. The molecule has 0 bridgehead atoms. The van der Waals surface area contributed by atoms with Crippen LogP contribution in [-0.4, -0.2) is 0 Å². The van der Waals surface area contributed by atoms with E-state index in [1.54, 1.807) is 0 Å². The maximum absolute atomic E-state index is 13.1. The van der Waals surface area contributed by atoms with E-state index in [0.29, 0.717) is 12.0 Å². The van der Waals surface area contributed by atoms with Crippen LogP contribution < -0.4 is 0 Å². The summed E-state index contributed by atoms with van der Waals surface area (Å²) in [5.74, 6) is -0.399. The van der Waals surface area contributed by atoms with Crippen LogP contribution in [0.15, 0.2) is 89.4 Å². The molecule has 1 atom stereocenters. The predicted octanol–water partition coefficient (Wildman–Crippen LogP) is 7.08. The third kappa shape index (κ3) is 3.25. The van der Waals surface area contributed by atoms with Crippen molar-refractivity contribution in [1.29, 1.82) is 0 Å². The van der Waals surface area contributed by atoms with E-state index < -0.39 is 12.0 Å². The highest BCUT2D eigenvalue weighted by Gasteiger charge is 2.18. The van der Waals surface area contributed by atoms with Crippen LogP contribution in [-0.2, 0) is 6.42 Å². The maximum atomic E-state index is 13.1. The lowest BCUT2D eigenvalue weighted by Crippen LogP contribution is -1.99. The van der Waals surface area contributed by atoms with Crippen LogP contribution in [0.4, 0.5) is 8.78 Å². The second kappa shape index (κ2) is 7.12. The Kier molecular flexibility index (Phi) is 4.53. The van der Waals surface area contributed by atoms with Crippen molar-refractivity contribution in [2.45, 2.75) is 18.8 Å². The number of halogens is 2. The normalized spacial score (nSPS) is 12.4. The average Bonchev–Trinajstić information content (AvgIpc) is 3.04. The summed E-state index contributed by atoms with van der Waals surface area (Å²) >= 11 is 0. The molecule has 0 spiro atoms. The summed E-state index contributed by atoms with van der Waals surface area (Å²) in [7, 11) is 0. The molecule has 3 heteroatoms. The van der Waals surface area contributed by atoms with E-state index in [9.17, 15) is 8.78 Å². The molecule has 0 saturated carbocycles. The molecule has 3 aromatic carbocycles. The van der Waals surface area contributed by atoms with Crippen LogP contribution in [0.5, 0.6) is 0 Å². The van der Waals surface area contributed by atoms with E-state index in [4.69, 9.17) is 4.42 Å². The smallest absolute Gasteiger partial charge is 0.266 e. The van der Waals surface area contributed by atoms with Crippen molar-refractivity contribution in [2.75, 3.05) is 0 Å². The number of furan rings is 1. The molecule has 1 aromatic heterocycles. The number of hydrogen-bond donors (Lipinski definition) is 0. The number of allylic oxidation sites excluding steroid dienone is 1. The van der Waals surface area contributed by atoms with Crippen LogP contribution in [0.25, 0.3) is 21.9 Å². The van der Waals surface area contributed by atoms with Gasteiger partial charge < -0.3 is 4.42 Å².